The minimum atomic E-state index is -0.338. The Balaban J connectivity index is 1.96. The molecule has 3 rings (SSSR count). The minimum absolute atomic E-state index is 0.338. The number of tetrazole rings is 1. The maximum atomic E-state index is 12.0. The molecule has 0 aliphatic heterocycles. The van der Waals surface area contributed by atoms with Crippen molar-refractivity contribution in [3.05, 3.63) is 48.6 Å². The van der Waals surface area contributed by atoms with Crippen molar-refractivity contribution in [1.29, 1.82) is 0 Å². The van der Waals surface area contributed by atoms with Gasteiger partial charge in [-0.3, -0.25) is 0 Å². The summed E-state index contributed by atoms with van der Waals surface area (Å²) in [6, 6.07) is 9.76. The maximum Gasteiger partial charge on any atom is 0.282 e. The predicted octanol–water partition coefficient (Wildman–Crippen LogP) is 1.48. The molecule has 1 aromatic heterocycles. The number of rotatable bonds is 4. The monoisotopic (exact) mass is 299 g/mol. The smallest absolute Gasteiger partial charge is 0.282 e. The largest absolute Gasteiger partial charge is 0.858 e. The lowest BCUT2D eigenvalue weighted by Gasteiger charge is -2.24. The molecule has 1 aromatic carbocycles. The van der Waals surface area contributed by atoms with E-state index in [0.717, 1.165) is 24.4 Å². The van der Waals surface area contributed by atoms with Gasteiger partial charge in [-0.1, -0.05) is 31.2 Å². The summed E-state index contributed by atoms with van der Waals surface area (Å²) in [5.74, 6) is 0.503. The summed E-state index contributed by atoms with van der Waals surface area (Å²) in [6.07, 6.45) is 5.97. The van der Waals surface area contributed by atoms with Crippen LogP contribution >= 0.6 is 0 Å². The van der Waals surface area contributed by atoms with Gasteiger partial charge in [-0.2, -0.15) is 5.01 Å². The van der Waals surface area contributed by atoms with E-state index in [1.165, 1.54) is 24.3 Å². The number of anilines is 1. The molecule has 1 saturated carbocycles. The summed E-state index contributed by atoms with van der Waals surface area (Å²) in [5, 5.41) is 21.9. The molecule has 1 aliphatic carbocycles. The molecule has 0 atom stereocenters. The van der Waals surface area contributed by atoms with Crippen molar-refractivity contribution in [1.82, 2.24) is 15.2 Å². The first-order valence-corrected chi connectivity index (χ1v) is 7.74. The molecule has 6 nitrogen and oxygen atoms in total. The van der Waals surface area contributed by atoms with Gasteiger partial charge in [-0.15, -0.1) is 4.68 Å². The molecule has 0 saturated heterocycles. The molecule has 1 aliphatic rings. The second-order valence-electron chi connectivity index (χ2n) is 5.69. The molecule has 1 fully saturated rings. The van der Waals surface area contributed by atoms with Gasteiger partial charge in [-0.05, 0) is 43.7 Å². The van der Waals surface area contributed by atoms with Crippen LogP contribution in [-0.2, 0) is 0 Å². The quantitative estimate of drug-likeness (QED) is 0.634. The Hall–Kier alpha value is -2.37. The van der Waals surface area contributed by atoms with Crippen LogP contribution in [0, 0.1) is 6.92 Å². The number of para-hydroxylation sites is 1. The first-order chi connectivity index (χ1) is 10.7. The second kappa shape index (κ2) is 6.17. The number of hydrogen-bond donors (Lipinski definition) is 0. The van der Waals surface area contributed by atoms with Crippen LogP contribution in [0.3, 0.4) is 0 Å². The van der Waals surface area contributed by atoms with Gasteiger partial charge in [0.1, 0.15) is 11.3 Å². The molecular formula is C16H21N5O. The van der Waals surface area contributed by atoms with E-state index < -0.39 is 0 Å². The third-order valence-electron chi connectivity index (χ3n) is 4.19. The lowest BCUT2D eigenvalue weighted by Crippen LogP contribution is -2.46. The minimum Gasteiger partial charge on any atom is -0.858 e. The summed E-state index contributed by atoms with van der Waals surface area (Å²) in [7, 11) is 0. The lowest BCUT2D eigenvalue weighted by molar-refractivity contribution is -0.785. The van der Waals surface area contributed by atoms with Gasteiger partial charge in [0.2, 0.25) is 0 Å². The molecule has 0 radical (unpaired) electrons. The van der Waals surface area contributed by atoms with Crippen LogP contribution in [0.2, 0.25) is 0 Å². The Morgan fingerprint density at radius 2 is 1.95 bits per heavy atom. The van der Waals surface area contributed by atoms with E-state index in [0.29, 0.717) is 6.04 Å². The van der Waals surface area contributed by atoms with Crippen molar-refractivity contribution < 1.29 is 9.79 Å². The predicted molar refractivity (Wildman–Crippen MR) is 80.5 cm³/mol. The van der Waals surface area contributed by atoms with Crippen LogP contribution in [0.15, 0.2) is 42.8 Å². The Morgan fingerprint density at radius 1 is 1.27 bits per heavy atom. The second-order valence-corrected chi connectivity index (χ2v) is 5.69. The van der Waals surface area contributed by atoms with E-state index in [4.69, 9.17) is 0 Å². The van der Waals surface area contributed by atoms with Gasteiger partial charge in [0.05, 0.1) is 5.69 Å². The van der Waals surface area contributed by atoms with Crippen molar-refractivity contribution in [3.63, 3.8) is 0 Å². The van der Waals surface area contributed by atoms with Crippen LogP contribution < -0.4 is 14.8 Å². The molecule has 116 valence electrons. The number of nitrogens with zero attached hydrogens (tertiary/aromatic N) is 5. The van der Waals surface area contributed by atoms with E-state index >= 15 is 0 Å². The molecule has 0 N–H and O–H groups in total. The van der Waals surface area contributed by atoms with Crippen molar-refractivity contribution >= 4 is 5.69 Å². The van der Waals surface area contributed by atoms with E-state index in [1.54, 1.807) is 4.79 Å². The van der Waals surface area contributed by atoms with E-state index in [2.05, 4.69) is 17.0 Å². The van der Waals surface area contributed by atoms with Gasteiger partial charge in [0.25, 0.3) is 5.82 Å². The van der Waals surface area contributed by atoms with E-state index in [-0.39, 0.29) is 5.88 Å². The Kier molecular flexibility index (Phi) is 4.09. The van der Waals surface area contributed by atoms with Gasteiger partial charge in [0.15, 0.2) is 5.21 Å². The highest BCUT2D eigenvalue weighted by Crippen LogP contribution is 2.24. The summed E-state index contributed by atoms with van der Waals surface area (Å²) in [5.41, 5.74) is 0.728. The normalized spacial score (nSPS) is 15.7. The van der Waals surface area contributed by atoms with Gasteiger partial charge >= 0.3 is 0 Å². The highest BCUT2D eigenvalue weighted by Gasteiger charge is 2.29. The first kappa shape index (κ1) is 14.6. The van der Waals surface area contributed by atoms with Crippen LogP contribution in [0.5, 0.6) is 0 Å². The fourth-order valence-electron chi connectivity index (χ4n) is 3.08. The van der Waals surface area contributed by atoms with Crippen molar-refractivity contribution in [2.45, 2.75) is 45.1 Å². The Labute approximate surface area is 130 Å². The fraction of sp³-hybridized carbons (Fsp3) is 0.438. The summed E-state index contributed by atoms with van der Waals surface area (Å²) in [4.78, 5) is 1.54. The SMILES string of the molecule is C=C([O-])N(c1ccccc1)n1nn[n+](C2CCCCC2)c1C. The third kappa shape index (κ3) is 2.68. The molecule has 1 heterocycles. The summed E-state index contributed by atoms with van der Waals surface area (Å²) in [6.45, 7) is 5.48. The molecule has 22 heavy (non-hydrogen) atoms. The summed E-state index contributed by atoms with van der Waals surface area (Å²) < 4.78 is 1.94. The Bertz CT molecular complexity index is 646. The van der Waals surface area contributed by atoms with Gasteiger partial charge < -0.3 is 5.11 Å². The number of benzene rings is 1. The molecular weight excluding hydrogens is 278 g/mol. The molecule has 0 bridgehead atoms. The van der Waals surface area contributed by atoms with Crippen LogP contribution in [0.1, 0.15) is 44.0 Å². The van der Waals surface area contributed by atoms with Crippen molar-refractivity contribution in [3.8, 4) is 0 Å². The van der Waals surface area contributed by atoms with Crippen LogP contribution in [0.25, 0.3) is 0 Å². The summed E-state index contributed by atoms with van der Waals surface area (Å²) >= 11 is 0. The molecule has 0 spiro atoms. The molecule has 2 aromatic rings. The molecule has 0 amide bonds. The van der Waals surface area contributed by atoms with E-state index in [9.17, 15) is 5.11 Å². The topological polar surface area (TPSA) is 60.9 Å². The van der Waals surface area contributed by atoms with Crippen LogP contribution in [0.4, 0.5) is 5.69 Å². The molecule has 0 unspecified atom stereocenters. The number of aromatic nitrogens is 4. The van der Waals surface area contributed by atoms with Crippen molar-refractivity contribution in [2.75, 3.05) is 5.01 Å². The first-order valence-electron chi connectivity index (χ1n) is 7.74. The van der Waals surface area contributed by atoms with Crippen molar-refractivity contribution in [2.24, 2.45) is 0 Å². The lowest BCUT2D eigenvalue weighted by atomic mass is 9.96. The van der Waals surface area contributed by atoms with Gasteiger partial charge in [-0.25, -0.2) is 0 Å². The zero-order valence-electron chi connectivity index (χ0n) is 12.9. The highest BCUT2D eigenvalue weighted by atomic mass is 16.3. The maximum absolute atomic E-state index is 12.0. The average molecular weight is 299 g/mol. The van der Waals surface area contributed by atoms with Gasteiger partial charge in [0, 0.05) is 11.7 Å². The third-order valence-corrected chi connectivity index (χ3v) is 4.19. The molecule has 6 heteroatoms. The standard InChI is InChI=1S/C16H21N5O/c1-13-19(15-9-5-3-6-10-15)17-18-21(13)20(14(2)22)16-11-7-4-8-12-16/h4,7-8,11-12,15H,2-3,5-6,9-10H2,1H3. The number of hydrogen-bond acceptors (Lipinski definition) is 4. The average Bonchev–Trinajstić information content (AvgIpc) is 2.91. The fourth-order valence-corrected chi connectivity index (χ4v) is 3.08. The Morgan fingerprint density at radius 3 is 2.59 bits per heavy atom. The van der Waals surface area contributed by atoms with E-state index in [1.807, 2.05) is 41.9 Å². The zero-order valence-corrected chi connectivity index (χ0v) is 12.9. The van der Waals surface area contributed by atoms with Crippen LogP contribution in [-0.4, -0.2) is 15.2 Å². The zero-order chi connectivity index (χ0) is 15.5. The highest BCUT2D eigenvalue weighted by molar-refractivity contribution is 5.48.